The second-order valence-electron chi connectivity index (χ2n) is 12.4. The number of piperazine rings is 2. The average molecular weight is 620 g/mol. The van der Waals surface area contributed by atoms with Gasteiger partial charge in [0.1, 0.15) is 11.4 Å². The first kappa shape index (κ1) is 30.6. The molecule has 5 heterocycles. The van der Waals surface area contributed by atoms with Gasteiger partial charge in [-0.2, -0.15) is 0 Å². The molecule has 0 unspecified atom stereocenters. The Kier molecular flexibility index (Phi) is 8.76. The lowest BCUT2D eigenvalue weighted by atomic mass is 10.1. The number of nitrogens with one attached hydrogen (secondary N) is 1. The number of nitrogens with zero attached hydrogens (tertiary/aromatic N) is 8. The number of carbonyl (C=O) groups is 1. The van der Waals surface area contributed by atoms with Gasteiger partial charge in [0.05, 0.1) is 48.2 Å². The molecule has 0 aliphatic carbocycles. The largest absolute Gasteiger partial charge is 0.467 e. The molecule has 45 heavy (non-hydrogen) atoms. The maximum Gasteiger partial charge on any atom is 0.410 e. The van der Waals surface area contributed by atoms with E-state index in [1.807, 2.05) is 57.4 Å². The molecule has 0 radical (unpaired) electrons. The summed E-state index contributed by atoms with van der Waals surface area (Å²) in [6, 6.07) is 9.63. The maximum absolute atomic E-state index is 12.7. The van der Waals surface area contributed by atoms with E-state index in [0.717, 1.165) is 54.6 Å². The number of benzene rings is 1. The van der Waals surface area contributed by atoms with E-state index in [0.29, 0.717) is 31.3 Å². The van der Waals surface area contributed by atoms with Crippen molar-refractivity contribution in [1.82, 2.24) is 25.1 Å². The first-order valence-corrected chi connectivity index (χ1v) is 15.3. The van der Waals surface area contributed by atoms with Crippen LogP contribution < -0.4 is 24.8 Å². The van der Waals surface area contributed by atoms with Crippen molar-refractivity contribution in [3.63, 3.8) is 0 Å². The number of aliphatic hydroxyl groups excluding tert-OH is 1. The third kappa shape index (κ3) is 6.66. The monoisotopic (exact) mass is 619 g/mol. The summed E-state index contributed by atoms with van der Waals surface area (Å²) in [5.74, 6) is 2.14. The van der Waals surface area contributed by atoms with Crippen molar-refractivity contribution < 1.29 is 24.1 Å². The molecular weight excluding hydrogens is 578 g/mol. The Hall–Kier alpha value is -4.43. The van der Waals surface area contributed by atoms with E-state index in [-0.39, 0.29) is 25.5 Å². The molecule has 0 saturated carbocycles. The summed E-state index contributed by atoms with van der Waals surface area (Å²) in [6.07, 6.45) is 3.24. The van der Waals surface area contributed by atoms with Gasteiger partial charge in [0, 0.05) is 58.5 Å². The first-order chi connectivity index (χ1) is 21.7. The standard InChI is InChI=1S/C31H41N9O5/c1-31(2,3)45-30(42)40-12-9-37(18-23(40)19-41)21-14-33-29(34-15-21)38-10-11-39-22(17-38)16-32-28-26(39)13-25(35-36-28)24-7-5-6-8-27(24)44-20-43-4/h5-8,13-15,22-23,41H,9-12,16-20H2,1-4H3,(H,32,36)/t22-,23+/m0/s1. The fourth-order valence-corrected chi connectivity index (χ4v) is 5.98. The third-order valence-corrected chi connectivity index (χ3v) is 8.16. The summed E-state index contributed by atoms with van der Waals surface area (Å²) in [4.78, 5) is 30.4. The van der Waals surface area contributed by atoms with Crippen LogP contribution in [0.4, 0.5) is 27.9 Å². The van der Waals surface area contributed by atoms with Gasteiger partial charge in [-0.25, -0.2) is 14.8 Å². The molecule has 0 spiro atoms. The fourth-order valence-electron chi connectivity index (χ4n) is 5.98. The van der Waals surface area contributed by atoms with Crippen LogP contribution in [0.15, 0.2) is 42.7 Å². The number of para-hydroxylation sites is 1. The van der Waals surface area contributed by atoms with Crippen molar-refractivity contribution in [1.29, 1.82) is 0 Å². The molecule has 2 N–H and O–H groups in total. The predicted octanol–water partition coefficient (Wildman–Crippen LogP) is 2.46. The van der Waals surface area contributed by atoms with Crippen LogP contribution in [0.5, 0.6) is 5.75 Å². The van der Waals surface area contributed by atoms with Crippen molar-refractivity contribution >= 4 is 29.2 Å². The van der Waals surface area contributed by atoms with Gasteiger partial charge >= 0.3 is 6.09 Å². The summed E-state index contributed by atoms with van der Waals surface area (Å²) in [5, 5.41) is 22.5. The minimum absolute atomic E-state index is 0.151. The Bertz CT molecular complexity index is 1490. The molecule has 14 heteroatoms. The van der Waals surface area contributed by atoms with Crippen LogP contribution >= 0.6 is 0 Å². The minimum Gasteiger partial charge on any atom is -0.467 e. The number of aliphatic hydroxyl groups is 1. The Morgan fingerprint density at radius 1 is 1.04 bits per heavy atom. The number of fused-ring (bicyclic) bond motifs is 3. The molecule has 1 amide bonds. The second-order valence-corrected chi connectivity index (χ2v) is 12.4. The van der Waals surface area contributed by atoms with Gasteiger partial charge in [-0.15, -0.1) is 10.2 Å². The molecule has 14 nitrogen and oxygen atoms in total. The number of anilines is 4. The van der Waals surface area contributed by atoms with Gasteiger partial charge in [0.25, 0.3) is 0 Å². The lowest BCUT2D eigenvalue weighted by Crippen LogP contribution is -2.58. The minimum atomic E-state index is -0.594. The van der Waals surface area contributed by atoms with Gasteiger partial charge in [-0.1, -0.05) is 12.1 Å². The smallest absolute Gasteiger partial charge is 0.410 e. The van der Waals surface area contributed by atoms with E-state index in [2.05, 4.69) is 36.3 Å². The molecule has 2 aromatic heterocycles. The highest BCUT2D eigenvalue weighted by Crippen LogP contribution is 2.36. The number of hydrogen-bond donors (Lipinski definition) is 2. The first-order valence-electron chi connectivity index (χ1n) is 15.3. The van der Waals surface area contributed by atoms with Gasteiger partial charge in [-0.05, 0) is 39.0 Å². The third-order valence-electron chi connectivity index (χ3n) is 8.16. The molecule has 2 fully saturated rings. The quantitative estimate of drug-likeness (QED) is 0.375. The number of ether oxygens (including phenoxy) is 3. The van der Waals surface area contributed by atoms with Crippen LogP contribution in [-0.2, 0) is 9.47 Å². The molecule has 3 aromatic rings. The zero-order valence-electron chi connectivity index (χ0n) is 26.2. The number of amides is 1. The number of hydrogen-bond acceptors (Lipinski definition) is 13. The van der Waals surface area contributed by atoms with Crippen LogP contribution in [0.3, 0.4) is 0 Å². The summed E-state index contributed by atoms with van der Waals surface area (Å²) < 4.78 is 16.4. The Labute approximate surface area is 262 Å². The molecule has 3 aliphatic heterocycles. The predicted molar refractivity (Wildman–Crippen MR) is 170 cm³/mol. The van der Waals surface area contributed by atoms with Crippen molar-refractivity contribution in [2.24, 2.45) is 0 Å². The zero-order valence-corrected chi connectivity index (χ0v) is 26.2. The van der Waals surface area contributed by atoms with Crippen LogP contribution in [0, 0.1) is 0 Å². The Balaban J connectivity index is 1.11. The van der Waals surface area contributed by atoms with E-state index in [1.54, 1.807) is 12.0 Å². The molecule has 3 aliphatic rings. The molecule has 240 valence electrons. The molecule has 6 rings (SSSR count). The summed E-state index contributed by atoms with van der Waals surface area (Å²) in [7, 11) is 1.59. The molecule has 2 saturated heterocycles. The van der Waals surface area contributed by atoms with E-state index < -0.39 is 11.7 Å². The molecule has 2 atom stereocenters. The second kappa shape index (κ2) is 12.9. The molecular formula is C31H41N9O5. The Morgan fingerprint density at radius 3 is 2.58 bits per heavy atom. The lowest BCUT2D eigenvalue weighted by molar-refractivity contribution is 0.00703. The van der Waals surface area contributed by atoms with E-state index in [9.17, 15) is 9.90 Å². The van der Waals surface area contributed by atoms with Gasteiger partial charge in [0.2, 0.25) is 5.95 Å². The molecule has 0 bridgehead atoms. The number of carbonyl (C=O) groups excluding carboxylic acids is 1. The highest BCUT2D eigenvalue weighted by Gasteiger charge is 2.35. The number of rotatable bonds is 7. The van der Waals surface area contributed by atoms with Crippen molar-refractivity contribution in [3.05, 3.63) is 42.7 Å². The van der Waals surface area contributed by atoms with Crippen molar-refractivity contribution in [3.8, 4) is 17.0 Å². The highest BCUT2D eigenvalue weighted by atomic mass is 16.7. The zero-order chi connectivity index (χ0) is 31.6. The topological polar surface area (TPSA) is 142 Å². The summed E-state index contributed by atoms with van der Waals surface area (Å²) in [6.45, 7) is 10.0. The van der Waals surface area contributed by atoms with Crippen molar-refractivity contribution in [2.45, 2.75) is 38.5 Å². The average Bonchev–Trinajstić information content (AvgIpc) is 3.06. The van der Waals surface area contributed by atoms with Crippen LogP contribution in [0.25, 0.3) is 11.3 Å². The SMILES string of the molecule is COCOc1ccccc1-c1cc2c(nn1)NC[C@H]1CN(c3ncc(N4CCN(C(=O)OC(C)(C)C)[C@@H](CO)C4)cn3)CCN21. The normalized spacial score (nSPS) is 19.8. The van der Waals surface area contributed by atoms with E-state index in [4.69, 9.17) is 24.2 Å². The van der Waals surface area contributed by atoms with E-state index in [1.165, 1.54) is 0 Å². The Morgan fingerprint density at radius 2 is 1.82 bits per heavy atom. The van der Waals surface area contributed by atoms with Crippen LogP contribution in [0.2, 0.25) is 0 Å². The van der Waals surface area contributed by atoms with Crippen molar-refractivity contribution in [2.75, 3.05) is 86.3 Å². The highest BCUT2D eigenvalue weighted by molar-refractivity contribution is 5.77. The number of aromatic nitrogens is 4. The van der Waals surface area contributed by atoms with Gasteiger partial charge in [-0.3, -0.25) is 4.90 Å². The summed E-state index contributed by atoms with van der Waals surface area (Å²) in [5.41, 5.74) is 2.87. The molecule has 1 aromatic carbocycles. The van der Waals surface area contributed by atoms with Gasteiger partial charge in [0.15, 0.2) is 12.6 Å². The van der Waals surface area contributed by atoms with Crippen LogP contribution in [-0.4, -0.2) is 120 Å². The number of methoxy groups -OCH3 is 1. The fraction of sp³-hybridized carbons (Fsp3) is 0.516. The summed E-state index contributed by atoms with van der Waals surface area (Å²) >= 11 is 0. The van der Waals surface area contributed by atoms with E-state index >= 15 is 0 Å². The van der Waals surface area contributed by atoms with Gasteiger partial charge < -0.3 is 39.3 Å². The lowest BCUT2D eigenvalue weighted by Gasteiger charge is -2.45. The van der Waals surface area contributed by atoms with Crippen LogP contribution in [0.1, 0.15) is 20.8 Å². The maximum atomic E-state index is 12.7.